The summed E-state index contributed by atoms with van der Waals surface area (Å²) in [5.74, 6) is -0.477. The number of pyridine rings is 1. The van der Waals surface area contributed by atoms with Crippen LogP contribution in [0.25, 0.3) is 10.8 Å². The molecule has 0 spiro atoms. The van der Waals surface area contributed by atoms with Crippen molar-refractivity contribution in [2.24, 2.45) is 5.92 Å². The Morgan fingerprint density at radius 3 is 2.88 bits per heavy atom. The topological polar surface area (TPSA) is 62.3 Å². The Kier molecular flexibility index (Phi) is 4.31. The van der Waals surface area contributed by atoms with Crippen molar-refractivity contribution in [3.05, 3.63) is 29.4 Å². The lowest BCUT2D eigenvalue weighted by Crippen LogP contribution is -2.32. The van der Waals surface area contributed by atoms with Crippen molar-refractivity contribution in [3.63, 3.8) is 0 Å². The van der Waals surface area contributed by atoms with Crippen LogP contribution in [0.3, 0.4) is 0 Å². The molecule has 7 heteroatoms. The fourth-order valence-corrected chi connectivity index (χ4v) is 3.81. The van der Waals surface area contributed by atoms with Crippen LogP contribution in [-0.4, -0.2) is 29.0 Å². The normalized spacial score (nSPS) is 25.0. The van der Waals surface area contributed by atoms with Crippen LogP contribution in [0.1, 0.15) is 32.6 Å². The summed E-state index contributed by atoms with van der Waals surface area (Å²) in [7, 11) is 0. The predicted octanol–water partition coefficient (Wildman–Crippen LogP) is 4.09. The third-order valence-corrected chi connectivity index (χ3v) is 5.46. The Hall–Kier alpha value is -2.21. The lowest BCUT2D eigenvalue weighted by atomic mass is 10.1. The molecule has 2 aliphatic rings. The molecule has 3 atom stereocenters. The van der Waals surface area contributed by atoms with E-state index in [0.717, 1.165) is 29.3 Å². The van der Waals surface area contributed by atoms with Crippen LogP contribution < -0.4 is 10.2 Å². The molecular weight excluding hydrogens is 357 g/mol. The SMILES string of the molecule is CCC1CCC(=O)N1c1cc(Cl)c2cnc(NC(=O)C3CC3F)cc2c1. The largest absolute Gasteiger partial charge is 0.310 e. The van der Waals surface area contributed by atoms with Crippen LogP contribution in [0.15, 0.2) is 24.4 Å². The van der Waals surface area contributed by atoms with Gasteiger partial charge in [0.05, 0.1) is 10.9 Å². The Bertz CT molecular complexity index is 904. The van der Waals surface area contributed by atoms with Crippen LogP contribution in [-0.2, 0) is 9.59 Å². The van der Waals surface area contributed by atoms with Crippen molar-refractivity contribution in [1.29, 1.82) is 0 Å². The molecule has 0 radical (unpaired) electrons. The number of nitrogens with one attached hydrogen (secondary N) is 1. The zero-order valence-corrected chi connectivity index (χ0v) is 15.1. The first kappa shape index (κ1) is 17.2. The van der Waals surface area contributed by atoms with Crippen molar-refractivity contribution in [1.82, 2.24) is 4.98 Å². The first-order chi connectivity index (χ1) is 12.5. The van der Waals surface area contributed by atoms with Gasteiger partial charge in [0, 0.05) is 29.7 Å². The van der Waals surface area contributed by atoms with Crippen molar-refractivity contribution < 1.29 is 14.0 Å². The van der Waals surface area contributed by atoms with E-state index < -0.39 is 12.1 Å². The molecular formula is C19H19ClFN3O2. The third kappa shape index (κ3) is 3.03. The van der Waals surface area contributed by atoms with Gasteiger partial charge in [0.25, 0.3) is 0 Å². The van der Waals surface area contributed by atoms with E-state index in [4.69, 9.17) is 11.6 Å². The van der Waals surface area contributed by atoms with Gasteiger partial charge in [0.15, 0.2) is 0 Å². The molecule has 1 aliphatic heterocycles. The highest BCUT2D eigenvalue weighted by Gasteiger charge is 2.43. The van der Waals surface area contributed by atoms with Gasteiger partial charge in [-0.3, -0.25) is 9.59 Å². The zero-order chi connectivity index (χ0) is 18.4. The molecule has 2 amide bonds. The highest BCUT2D eigenvalue weighted by molar-refractivity contribution is 6.36. The molecule has 4 rings (SSSR count). The average Bonchev–Trinajstić information content (AvgIpc) is 3.22. The van der Waals surface area contributed by atoms with Crippen LogP contribution in [0.5, 0.6) is 0 Å². The van der Waals surface area contributed by atoms with Gasteiger partial charge >= 0.3 is 0 Å². The van der Waals surface area contributed by atoms with Crippen molar-refractivity contribution in [3.8, 4) is 0 Å². The van der Waals surface area contributed by atoms with E-state index in [9.17, 15) is 14.0 Å². The number of nitrogens with zero attached hydrogens (tertiary/aromatic N) is 2. The number of carbonyl (C=O) groups excluding carboxylic acids is 2. The first-order valence-electron chi connectivity index (χ1n) is 8.84. The minimum absolute atomic E-state index is 0.0950. The molecule has 1 saturated carbocycles. The summed E-state index contributed by atoms with van der Waals surface area (Å²) in [5, 5.41) is 4.67. The molecule has 1 aromatic carbocycles. The molecule has 2 heterocycles. The zero-order valence-electron chi connectivity index (χ0n) is 14.3. The Balaban J connectivity index is 1.68. The van der Waals surface area contributed by atoms with Gasteiger partial charge in [0.1, 0.15) is 12.0 Å². The molecule has 136 valence electrons. The van der Waals surface area contributed by atoms with Gasteiger partial charge in [-0.1, -0.05) is 18.5 Å². The van der Waals surface area contributed by atoms with E-state index in [-0.39, 0.29) is 24.3 Å². The lowest BCUT2D eigenvalue weighted by Gasteiger charge is -2.24. The van der Waals surface area contributed by atoms with Crippen LogP contribution in [0.4, 0.5) is 15.9 Å². The molecule has 1 N–H and O–H groups in total. The summed E-state index contributed by atoms with van der Waals surface area (Å²) in [6.45, 7) is 2.06. The van der Waals surface area contributed by atoms with Gasteiger partial charge < -0.3 is 10.2 Å². The Morgan fingerprint density at radius 2 is 2.19 bits per heavy atom. The lowest BCUT2D eigenvalue weighted by molar-refractivity contribution is -0.118. The summed E-state index contributed by atoms with van der Waals surface area (Å²) in [5.41, 5.74) is 0.756. The first-order valence-corrected chi connectivity index (χ1v) is 9.22. The minimum Gasteiger partial charge on any atom is -0.310 e. The van der Waals surface area contributed by atoms with Gasteiger partial charge in [-0.15, -0.1) is 0 Å². The number of fused-ring (bicyclic) bond motifs is 1. The number of amides is 2. The van der Waals surface area contributed by atoms with Gasteiger partial charge in [-0.25, -0.2) is 9.37 Å². The second-order valence-corrected chi connectivity index (χ2v) is 7.34. The number of carbonyl (C=O) groups is 2. The maximum Gasteiger partial charge on any atom is 0.231 e. The van der Waals surface area contributed by atoms with Gasteiger partial charge in [-0.05, 0) is 42.8 Å². The van der Waals surface area contributed by atoms with Crippen LogP contribution >= 0.6 is 11.6 Å². The molecule has 0 bridgehead atoms. The van der Waals surface area contributed by atoms with E-state index in [1.54, 1.807) is 18.3 Å². The summed E-state index contributed by atoms with van der Waals surface area (Å²) in [4.78, 5) is 30.2. The van der Waals surface area contributed by atoms with E-state index in [0.29, 0.717) is 17.3 Å². The van der Waals surface area contributed by atoms with E-state index in [1.165, 1.54) is 0 Å². The van der Waals surface area contributed by atoms with E-state index >= 15 is 0 Å². The molecule has 2 fully saturated rings. The standard InChI is InChI=1S/C19H19ClFN3O2/c1-2-11-3-4-18(25)24(11)12-5-10-6-17(22-9-14(10)15(20)7-12)23-19(26)13-8-16(13)21/h5-7,9,11,13,16H,2-4,8H2,1H3,(H,22,23,26). The Labute approximate surface area is 155 Å². The molecule has 5 nitrogen and oxygen atoms in total. The van der Waals surface area contributed by atoms with E-state index in [2.05, 4.69) is 17.2 Å². The van der Waals surface area contributed by atoms with Crippen molar-refractivity contribution in [2.75, 3.05) is 10.2 Å². The quantitative estimate of drug-likeness (QED) is 0.875. The van der Waals surface area contributed by atoms with Gasteiger partial charge in [0.2, 0.25) is 11.8 Å². The van der Waals surface area contributed by atoms with Crippen molar-refractivity contribution >= 4 is 45.7 Å². The van der Waals surface area contributed by atoms with Crippen LogP contribution in [0, 0.1) is 5.92 Å². The number of halogens is 2. The highest BCUT2D eigenvalue weighted by Crippen LogP contribution is 2.36. The third-order valence-electron chi connectivity index (χ3n) is 5.15. The number of hydrogen-bond donors (Lipinski definition) is 1. The van der Waals surface area contributed by atoms with E-state index in [1.807, 2.05) is 11.0 Å². The maximum atomic E-state index is 13.0. The summed E-state index contributed by atoms with van der Waals surface area (Å²) in [6, 6.07) is 5.56. The molecule has 1 aromatic heterocycles. The fourth-order valence-electron chi connectivity index (χ4n) is 3.54. The monoisotopic (exact) mass is 375 g/mol. The molecule has 1 saturated heterocycles. The second kappa shape index (κ2) is 6.50. The number of anilines is 2. The van der Waals surface area contributed by atoms with Crippen LogP contribution in [0.2, 0.25) is 5.02 Å². The maximum absolute atomic E-state index is 13.0. The molecule has 26 heavy (non-hydrogen) atoms. The summed E-state index contributed by atoms with van der Waals surface area (Å²) >= 11 is 6.40. The minimum atomic E-state index is -1.05. The number of aromatic nitrogens is 1. The molecule has 3 unspecified atom stereocenters. The smallest absolute Gasteiger partial charge is 0.231 e. The number of benzene rings is 1. The average molecular weight is 376 g/mol. The predicted molar refractivity (Wildman–Crippen MR) is 99.2 cm³/mol. The molecule has 1 aliphatic carbocycles. The van der Waals surface area contributed by atoms with Crippen molar-refractivity contribution in [2.45, 2.75) is 44.8 Å². The molecule has 2 aromatic rings. The fraction of sp³-hybridized carbons (Fsp3) is 0.421. The highest BCUT2D eigenvalue weighted by atomic mass is 35.5. The summed E-state index contributed by atoms with van der Waals surface area (Å²) in [6.07, 6.45) is 3.06. The number of hydrogen-bond acceptors (Lipinski definition) is 3. The van der Waals surface area contributed by atoms with Gasteiger partial charge in [-0.2, -0.15) is 0 Å². The number of rotatable bonds is 4. The summed E-state index contributed by atoms with van der Waals surface area (Å²) < 4.78 is 13.0. The second-order valence-electron chi connectivity index (χ2n) is 6.93. The number of alkyl halides is 1. The Morgan fingerprint density at radius 1 is 1.42 bits per heavy atom.